The summed E-state index contributed by atoms with van der Waals surface area (Å²) in [7, 11) is 0. The van der Waals surface area contributed by atoms with Crippen LogP contribution < -0.4 is 0 Å². The summed E-state index contributed by atoms with van der Waals surface area (Å²) in [5.74, 6) is 2.10. The van der Waals surface area contributed by atoms with Gasteiger partial charge in [0.2, 0.25) is 5.95 Å². The Hall–Kier alpha value is -6.07. The van der Waals surface area contributed by atoms with E-state index in [0.717, 1.165) is 54.9 Å². The summed E-state index contributed by atoms with van der Waals surface area (Å²) in [5.41, 5.74) is 10.4. The van der Waals surface area contributed by atoms with E-state index < -0.39 is 0 Å². The highest BCUT2D eigenvalue weighted by Crippen LogP contribution is 2.57. The van der Waals surface area contributed by atoms with E-state index in [1.54, 1.807) is 0 Å². The first-order chi connectivity index (χ1) is 24.0. The fourth-order valence-corrected chi connectivity index (χ4v) is 8.16. The van der Waals surface area contributed by atoms with Crippen LogP contribution in [0.2, 0.25) is 0 Å². The van der Waals surface area contributed by atoms with E-state index in [1.807, 2.05) is 24.3 Å². The smallest absolute Gasteiger partial charge is 0.238 e. The van der Waals surface area contributed by atoms with E-state index >= 15 is 0 Å². The predicted octanol–water partition coefficient (Wildman–Crippen LogP) is 11.1. The zero-order valence-electron chi connectivity index (χ0n) is 27.5. The molecule has 0 aliphatic heterocycles. The number of hydrogen-bond acceptors (Lipinski definition) is 4. The zero-order chi connectivity index (χ0) is 32.9. The van der Waals surface area contributed by atoms with Gasteiger partial charge in [-0.25, -0.2) is 4.98 Å². The van der Waals surface area contributed by atoms with E-state index in [2.05, 4.69) is 135 Å². The third-order valence-corrected chi connectivity index (χ3v) is 10.8. The molecule has 0 radical (unpaired) electrons. The molecule has 1 unspecified atom stereocenters. The highest BCUT2D eigenvalue weighted by atomic mass is 16.3. The van der Waals surface area contributed by atoms with E-state index in [4.69, 9.17) is 19.4 Å². The van der Waals surface area contributed by atoms with Gasteiger partial charge in [0.1, 0.15) is 11.2 Å². The van der Waals surface area contributed by atoms with Crippen molar-refractivity contribution in [3.8, 4) is 39.9 Å². The fraction of sp³-hybridized carbons (Fsp3) is 0.114. The van der Waals surface area contributed by atoms with Gasteiger partial charge in [0.05, 0.1) is 16.6 Å². The first kappa shape index (κ1) is 28.0. The van der Waals surface area contributed by atoms with Gasteiger partial charge in [0.15, 0.2) is 11.6 Å². The Morgan fingerprint density at radius 2 is 1.20 bits per heavy atom. The molecule has 49 heavy (non-hydrogen) atoms. The molecule has 5 nitrogen and oxygen atoms in total. The van der Waals surface area contributed by atoms with Crippen molar-refractivity contribution in [1.29, 1.82) is 0 Å². The van der Waals surface area contributed by atoms with E-state index in [1.165, 1.54) is 22.3 Å². The number of para-hydroxylation sites is 3. The van der Waals surface area contributed by atoms with Crippen molar-refractivity contribution in [3.63, 3.8) is 0 Å². The largest absolute Gasteiger partial charge is 0.455 e. The minimum atomic E-state index is -0.211. The molecule has 0 saturated carbocycles. The molecule has 0 N–H and O–H groups in total. The van der Waals surface area contributed by atoms with Crippen LogP contribution in [0.25, 0.3) is 83.6 Å². The Labute approximate surface area is 283 Å². The molecule has 0 spiro atoms. The number of aromatic nitrogens is 4. The number of fused-ring (bicyclic) bond motifs is 10. The number of hydrogen-bond donors (Lipinski definition) is 0. The lowest BCUT2D eigenvalue weighted by molar-refractivity contribution is 0.417. The first-order valence-corrected chi connectivity index (χ1v) is 16.9. The van der Waals surface area contributed by atoms with E-state index in [9.17, 15) is 0 Å². The summed E-state index contributed by atoms with van der Waals surface area (Å²) in [4.78, 5) is 15.7. The summed E-state index contributed by atoms with van der Waals surface area (Å²) >= 11 is 0. The molecule has 1 aliphatic carbocycles. The lowest BCUT2D eigenvalue weighted by atomic mass is 9.70. The molecule has 0 fully saturated rings. The molecule has 9 aromatic rings. The number of benzene rings is 6. The molecule has 1 aliphatic rings. The van der Waals surface area contributed by atoms with Crippen molar-refractivity contribution in [2.45, 2.75) is 26.2 Å². The monoisotopic (exact) mass is 632 g/mol. The standard InChI is InChI=1S/C44H32N4O/c1-26(2)44(3)34-21-11-7-17-28(34)32-25-33(40-38(39(32)44)31-20-10-14-24-37(31)49-40)42-45-41(27-15-5-4-6-16-27)46-43(47-42)48-35-22-12-8-18-29(35)30-19-9-13-23-36(30)48/h4-26H,1-3H3. The molecular formula is C44H32N4O. The minimum absolute atomic E-state index is 0.211. The van der Waals surface area contributed by atoms with Crippen LogP contribution in [0.3, 0.4) is 0 Å². The van der Waals surface area contributed by atoms with Crippen molar-refractivity contribution in [2.24, 2.45) is 5.92 Å². The zero-order valence-corrected chi connectivity index (χ0v) is 27.5. The van der Waals surface area contributed by atoms with Gasteiger partial charge in [-0.15, -0.1) is 0 Å². The van der Waals surface area contributed by atoms with Gasteiger partial charge in [-0.05, 0) is 52.4 Å². The Morgan fingerprint density at radius 1 is 0.592 bits per heavy atom. The molecule has 6 aromatic carbocycles. The summed E-state index contributed by atoms with van der Waals surface area (Å²) in [6, 6.07) is 46.6. The maximum atomic E-state index is 6.84. The SMILES string of the molecule is CC(C)C1(C)c2ccccc2-c2cc(-c3nc(-c4ccccc4)nc(-n4c5ccccc5c5ccccc54)n3)c3oc4ccccc4c3c21. The Kier molecular flexibility index (Phi) is 5.83. The Bertz CT molecular complexity index is 2720. The van der Waals surface area contributed by atoms with Crippen molar-refractivity contribution in [3.05, 3.63) is 145 Å². The van der Waals surface area contributed by atoms with Gasteiger partial charge in [0, 0.05) is 32.5 Å². The Balaban J connectivity index is 1.35. The van der Waals surface area contributed by atoms with Gasteiger partial charge in [0.25, 0.3) is 0 Å². The van der Waals surface area contributed by atoms with Crippen LogP contribution in [-0.4, -0.2) is 19.5 Å². The third-order valence-electron chi connectivity index (χ3n) is 10.8. The van der Waals surface area contributed by atoms with Crippen LogP contribution >= 0.6 is 0 Å². The number of furan rings is 1. The third kappa shape index (κ3) is 3.84. The van der Waals surface area contributed by atoms with Gasteiger partial charge >= 0.3 is 0 Å². The second-order valence-corrected chi connectivity index (χ2v) is 13.6. The molecule has 1 atom stereocenters. The predicted molar refractivity (Wildman–Crippen MR) is 199 cm³/mol. The average Bonchev–Trinajstić information content (AvgIpc) is 3.78. The highest BCUT2D eigenvalue weighted by molar-refractivity contribution is 6.15. The van der Waals surface area contributed by atoms with Gasteiger partial charge in [-0.3, -0.25) is 4.57 Å². The second kappa shape index (κ2) is 10.2. The molecule has 234 valence electrons. The topological polar surface area (TPSA) is 56.7 Å². The van der Waals surface area contributed by atoms with E-state index in [-0.39, 0.29) is 5.41 Å². The summed E-state index contributed by atoms with van der Waals surface area (Å²) < 4.78 is 9.01. The first-order valence-electron chi connectivity index (χ1n) is 16.9. The molecular weight excluding hydrogens is 601 g/mol. The van der Waals surface area contributed by atoms with Gasteiger partial charge in [-0.2, -0.15) is 9.97 Å². The maximum absolute atomic E-state index is 6.84. The fourth-order valence-electron chi connectivity index (χ4n) is 8.16. The molecule has 3 aromatic heterocycles. The molecule has 3 heterocycles. The molecule has 10 rings (SSSR count). The van der Waals surface area contributed by atoms with Crippen LogP contribution in [0.1, 0.15) is 31.9 Å². The number of rotatable bonds is 4. The van der Waals surface area contributed by atoms with Crippen molar-refractivity contribution in [1.82, 2.24) is 19.5 Å². The van der Waals surface area contributed by atoms with Crippen LogP contribution in [0, 0.1) is 5.92 Å². The minimum Gasteiger partial charge on any atom is -0.455 e. The average molecular weight is 633 g/mol. The highest BCUT2D eigenvalue weighted by Gasteiger charge is 2.44. The van der Waals surface area contributed by atoms with Crippen molar-refractivity contribution < 1.29 is 4.42 Å². The van der Waals surface area contributed by atoms with Gasteiger partial charge in [-0.1, -0.05) is 130 Å². The second-order valence-electron chi connectivity index (χ2n) is 13.6. The normalized spacial score (nSPS) is 15.5. The molecule has 0 bridgehead atoms. The lowest BCUT2D eigenvalue weighted by Crippen LogP contribution is -2.27. The molecule has 5 heteroatoms. The van der Waals surface area contributed by atoms with Crippen molar-refractivity contribution >= 4 is 43.7 Å². The lowest BCUT2D eigenvalue weighted by Gasteiger charge is -2.32. The summed E-state index contributed by atoms with van der Waals surface area (Å²) in [5, 5.41) is 4.55. The Morgan fingerprint density at radius 3 is 1.94 bits per heavy atom. The summed E-state index contributed by atoms with van der Waals surface area (Å²) in [6.07, 6.45) is 0. The molecule has 0 saturated heterocycles. The van der Waals surface area contributed by atoms with E-state index in [0.29, 0.717) is 23.5 Å². The quantitative estimate of drug-likeness (QED) is 0.194. The van der Waals surface area contributed by atoms with Crippen molar-refractivity contribution in [2.75, 3.05) is 0 Å². The van der Waals surface area contributed by atoms with Crippen LogP contribution in [0.4, 0.5) is 0 Å². The molecule has 0 amide bonds. The van der Waals surface area contributed by atoms with Crippen LogP contribution in [0.15, 0.2) is 138 Å². The summed E-state index contributed by atoms with van der Waals surface area (Å²) in [6.45, 7) is 7.04. The van der Waals surface area contributed by atoms with Crippen LogP contribution in [0.5, 0.6) is 0 Å². The van der Waals surface area contributed by atoms with Gasteiger partial charge < -0.3 is 4.42 Å². The van der Waals surface area contributed by atoms with Crippen LogP contribution in [-0.2, 0) is 5.41 Å². The number of nitrogens with zero attached hydrogens (tertiary/aromatic N) is 4. The maximum Gasteiger partial charge on any atom is 0.238 e.